The zero-order chi connectivity index (χ0) is 16.4. The highest BCUT2D eigenvalue weighted by atomic mass is 19.4. The summed E-state index contributed by atoms with van der Waals surface area (Å²) in [5.41, 5.74) is 0. The molecule has 1 saturated heterocycles. The largest absolute Gasteiger partial charge is 0.390 e. The van der Waals surface area contributed by atoms with Crippen LogP contribution in [0, 0.1) is 5.92 Å². The zero-order valence-electron chi connectivity index (χ0n) is 13.7. The van der Waals surface area contributed by atoms with Crippen molar-refractivity contribution in [3.63, 3.8) is 0 Å². The van der Waals surface area contributed by atoms with E-state index >= 15 is 0 Å². The lowest BCUT2D eigenvalue weighted by Gasteiger charge is -2.28. The van der Waals surface area contributed by atoms with E-state index in [4.69, 9.17) is 0 Å². The Kier molecular flexibility index (Phi) is 8.60. The van der Waals surface area contributed by atoms with E-state index in [-0.39, 0.29) is 6.54 Å². The lowest BCUT2D eigenvalue weighted by atomic mass is 10.1. The maximum Gasteiger partial charge on any atom is 0.390 e. The highest BCUT2D eigenvalue weighted by Gasteiger charge is 2.26. The van der Waals surface area contributed by atoms with Crippen LogP contribution in [0.2, 0.25) is 0 Å². The molecule has 1 rings (SSSR count). The van der Waals surface area contributed by atoms with Gasteiger partial charge in [0.1, 0.15) is 0 Å². The van der Waals surface area contributed by atoms with Gasteiger partial charge in [-0.1, -0.05) is 13.3 Å². The average Bonchev–Trinajstić information content (AvgIpc) is 2.44. The Labute approximate surface area is 131 Å². The number of aliphatic imine (C=N–C) groups is 1. The van der Waals surface area contributed by atoms with Gasteiger partial charge in [-0.25, -0.2) is 0 Å². The second-order valence-electron chi connectivity index (χ2n) is 5.98. The van der Waals surface area contributed by atoms with Gasteiger partial charge >= 0.3 is 6.18 Å². The first-order chi connectivity index (χ1) is 10.4. The molecule has 0 spiro atoms. The summed E-state index contributed by atoms with van der Waals surface area (Å²) in [4.78, 5) is 6.85. The molecule has 0 aromatic heterocycles. The molecule has 1 aliphatic heterocycles. The van der Waals surface area contributed by atoms with Crippen molar-refractivity contribution in [1.82, 2.24) is 15.5 Å². The summed E-state index contributed by atoms with van der Waals surface area (Å²) in [6.45, 7) is 8.46. The van der Waals surface area contributed by atoms with E-state index in [1.54, 1.807) is 0 Å². The molecule has 2 N–H and O–H groups in total. The second kappa shape index (κ2) is 9.92. The second-order valence-corrected chi connectivity index (χ2v) is 5.98. The quantitative estimate of drug-likeness (QED) is 0.559. The van der Waals surface area contributed by atoms with Crippen molar-refractivity contribution in [3.05, 3.63) is 0 Å². The van der Waals surface area contributed by atoms with Crippen LogP contribution >= 0.6 is 0 Å². The molecule has 0 bridgehead atoms. The topological polar surface area (TPSA) is 39.7 Å². The number of alkyl halides is 3. The van der Waals surface area contributed by atoms with Crippen LogP contribution in [0.3, 0.4) is 0 Å². The molecule has 1 aliphatic rings. The lowest BCUT2D eigenvalue weighted by molar-refractivity contribution is -0.132. The number of hydrogen-bond donors (Lipinski definition) is 2. The van der Waals surface area contributed by atoms with Crippen LogP contribution in [0.1, 0.15) is 39.5 Å². The molecule has 0 aliphatic carbocycles. The summed E-state index contributed by atoms with van der Waals surface area (Å²) in [6.07, 6.45) is -1.14. The van der Waals surface area contributed by atoms with Crippen molar-refractivity contribution < 1.29 is 13.2 Å². The number of hydrogen-bond acceptors (Lipinski definition) is 2. The molecule has 130 valence electrons. The normalized spacial score (nSPS) is 19.0. The molecule has 0 aromatic carbocycles. The van der Waals surface area contributed by atoms with E-state index in [2.05, 4.69) is 27.4 Å². The SMILES string of the molecule is CCNC(=NCC(C)CN1CCCCC1)NCCC(F)(F)F. The van der Waals surface area contributed by atoms with E-state index in [9.17, 15) is 13.2 Å². The third-order valence-corrected chi connectivity index (χ3v) is 3.62. The minimum atomic E-state index is -4.13. The zero-order valence-corrected chi connectivity index (χ0v) is 13.7. The van der Waals surface area contributed by atoms with Gasteiger partial charge in [0.2, 0.25) is 0 Å². The summed E-state index contributed by atoms with van der Waals surface area (Å²) in [5.74, 6) is 0.869. The third-order valence-electron chi connectivity index (χ3n) is 3.62. The van der Waals surface area contributed by atoms with Crippen molar-refractivity contribution >= 4 is 5.96 Å². The monoisotopic (exact) mass is 322 g/mol. The number of nitrogens with zero attached hydrogens (tertiary/aromatic N) is 2. The Morgan fingerprint density at radius 2 is 1.86 bits per heavy atom. The Bertz CT molecular complexity index is 325. The molecule has 0 amide bonds. The van der Waals surface area contributed by atoms with Gasteiger partial charge in [0, 0.05) is 26.2 Å². The van der Waals surface area contributed by atoms with Crippen molar-refractivity contribution in [2.75, 3.05) is 39.3 Å². The van der Waals surface area contributed by atoms with Crippen LogP contribution in [0.5, 0.6) is 0 Å². The number of likely N-dealkylation sites (tertiary alicyclic amines) is 1. The first kappa shape index (κ1) is 19.1. The van der Waals surface area contributed by atoms with Crippen LogP contribution < -0.4 is 10.6 Å². The van der Waals surface area contributed by atoms with E-state index in [0.29, 0.717) is 25.0 Å². The Morgan fingerprint density at radius 3 is 2.45 bits per heavy atom. The first-order valence-corrected chi connectivity index (χ1v) is 8.22. The molecule has 0 saturated carbocycles. The van der Waals surface area contributed by atoms with Crippen molar-refractivity contribution in [2.45, 2.75) is 45.7 Å². The molecule has 1 fully saturated rings. The highest BCUT2D eigenvalue weighted by Crippen LogP contribution is 2.18. The van der Waals surface area contributed by atoms with Gasteiger partial charge in [-0.2, -0.15) is 13.2 Å². The Hall–Kier alpha value is -0.980. The molecule has 4 nitrogen and oxygen atoms in total. The van der Waals surface area contributed by atoms with Crippen LogP contribution in [0.15, 0.2) is 4.99 Å². The fourth-order valence-electron chi connectivity index (χ4n) is 2.55. The number of rotatable bonds is 7. The smallest absolute Gasteiger partial charge is 0.357 e. The summed E-state index contributed by atoms with van der Waals surface area (Å²) in [7, 11) is 0. The Morgan fingerprint density at radius 1 is 1.18 bits per heavy atom. The molecule has 0 radical (unpaired) electrons. The number of nitrogens with one attached hydrogen (secondary N) is 2. The predicted molar refractivity (Wildman–Crippen MR) is 84.1 cm³/mol. The molecule has 1 heterocycles. The molecular weight excluding hydrogens is 293 g/mol. The highest BCUT2D eigenvalue weighted by molar-refractivity contribution is 5.79. The number of piperidine rings is 1. The molecule has 1 atom stereocenters. The van der Waals surface area contributed by atoms with E-state index in [0.717, 1.165) is 19.6 Å². The number of guanidine groups is 1. The Balaban J connectivity index is 2.33. The average molecular weight is 322 g/mol. The van der Waals surface area contributed by atoms with Crippen LogP contribution in [-0.2, 0) is 0 Å². The van der Waals surface area contributed by atoms with Crippen LogP contribution in [0.4, 0.5) is 13.2 Å². The van der Waals surface area contributed by atoms with Gasteiger partial charge in [-0.3, -0.25) is 4.99 Å². The maximum absolute atomic E-state index is 12.2. The fourth-order valence-corrected chi connectivity index (χ4v) is 2.55. The van der Waals surface area contributed by atoms with Gasteiger partial charge in [0.05, 0.1) is 6.42 Å². The van der Waals surface area contributed by atoms with Gasteiger partial charge in [-0.05, 0) is 38.8 Å². The summed E-state index contributed by atoms with van der Waals surface area (Å²) < 4.78 is 36.5. The standard InChI is InChI=1S/C15H29F3N4/c1-3-19-14(20-8-7-15(16,17)18)21-11-13(2)12-22-9-5-4-6-10-22/h13H,3-12H2,1-2H3,(H2,19,20,21). The molecule has 7 heteroatoms. The summed E-state index contributed by atoms with van der Waals surface area (Å²) in [6, 6.07) is 0. The minimum absolute atomic E-state index is 0.143. The predicted octanol–water partition coefficient (Wildman–Crippen LogP) is 2.62. The summed E-state index contributed by atoms with van der Waals surface area (Å²) in [5, 5.41) is 5.73. The van der Waals surface area contributed by atoms with Gasteiger partial charge in [-0.15, -0.1) is 0 Å². The molecule has 0 aromatic rings. The van der Waals surface area contributed by atoms with Gasteiger partial charge in [0.25, 0.3) is 0 Å². The van der Waals surface area contributed by atoms with Gasteiger partial charge in [0.15, 0.2) is 5.96 Å². The first-order valence-electron chi connectivity index (χ1n) is 8.22. The van der Waals surface area contributed by atoms with Crippen molar-refractivity contribution in [1.29, 1.82) is 0 Å². The maximum atomic E-state index is 12.2. The fraction of sp³-hybridized carbons (Fsp3) is 0.933. The van der Waals surface area contributed by atoms with Crippen molar-refractivity contribution in [3.8, 4) is 0 Å². The van der Waals surface area contributed by atoms with Crippen LogP contribution in [-0.4, -0.2) is 56.3 Å². The molecule has 22 heavy (non-hydrogen) atoms. The third kappa shape index (κ3) is 9.12. The molecule has 1 unspecified atom stereocenters. The summed E-state index contributed by atoms with van der Waals surface area (Å²) >= 11 is 0. The van der Waals surface area contributed by atoms with Crippen LogP contribution in [0.25, 0.3) is 0 Å². The molecular formula is C15H29F3N4. The van der Waals surface area contributed by atoms with E-state index in [1.807, 2.05) is 6.92 Å². The van der Waals surface area contributed by atoms with Gasteiger partial charge < -0.3 is 15.5 Å². The van der Waals surface area contributed by atoms with Crippen molar-refractivity contribution in [2.24, 2.45) is 10.9 Å². The van der Waals surface area contributed by atoms with E-state index < -0.39 is 12.6 Å². The number of halogens is 3. The minimum Gasteiger partial charge on any atom is -0.357 e. The lowest BCUT2D eigenvalue weighted by Crippen LogP contribution is -2.39. The van der Waals surface area contributed by atoms with E-state index in [1.165, 1.54) is 19.3 Å².